The second-order valence-corrected chi connectivity index (χ2v) is 8.17. The number of alkyl halides is 3. The van der Waals surface area contributed by atoms with Gasteiger partial charge in [-0.1, -0.05) is 20.3 Å². The van der Waals surface area contributed by atoms with Crippen LogP contribution in [0.1, 0.15) is 42.9 Å². The molecule has 2 N–H and O–H groups in total. The number of anilines is 1. The number of hydrogen-bond donors (Lipinski definition) is 2. The normalized spacial score (nSPS) is 13.7. The molecule has 7 nitrogen and oxygen atoms in total. The molecule has 0 aliphatic carbocycles. The highest BCUT2D eigenvalue weighted by molar-refractivity contribution is 7.98. The molecule has 0 spiro atoms. The Labute approximate surface area is 188 Å². The third kappa shape index (κ3) is 4.84. The van der Waals surface area contributed by atoms with Gasteiger partial charge < -0.3 is 19.7 Å². The van der Waals surface area contributed by atoms with Gasteiger partial charge in [0.25, 0.3) is 0 Å². The first-order valence-corrected chi connectivity index (χ1v) is 11.5. The molecule has 0 bridgehead atoms. The third-order valence-corrected chi connectivity index (χ3v) is 5.72. The number of halogens is 3. The summed E-state index contributed by atoms with van der Waals surface area (Å²) in [6.45, 7) is 4.57. The molecule has 32 heavy (non-hydrogen) atoms. The van der Waals surface area contributed by atoms with E-state index in [9.17, 15) is 18.3 Å². The lowest BCUT2D eigenvalue weighted by Gasteiger charge is -2.28. The molecule has 174 valence electrons. The van der Waals surface area contributed by atoms with Crippen molar-refractivity contribution in [2.24, 2.45) is 0 Å². The number of thioether (sulfide) groups is 1. The van der Waals surface area contributed by atoms with Gasteiger partial charge in [0.1, 0.15) is 5.82 Å². The largest absolute Gasteiger partial charge is 0.433 e. The summed E-state index contributed by atoms with van der Waals surface area (Å²) in [4.78, 5) is 14.9. The fourth-order valence-electron chi connectivity index (χ4n) is 3.48. The van der Waals surface area contributed by atoms with Crippen molar-refractivity contribution in [3.05, 3.63) is 41.0 Å². The minimum absolute atomic E-state index is 0.0475. The Morgan fingerprint density at radius 3 is 2.34 bits per heavy atom. The van der Waals surface area contributed by atoms with Crippen LogP contribution in [0.5, 0.6) is 0 Å². The van der Waals surface area contributed by atoms with Crippen molar-refractivity contribution in [3.8, 4) is 0 Å². The number of hydrogen-bond acceptors (Lipinski definition) is 7. The van der Waals surface area contributed by atoms with Crippen LogP contribution >= 0.6 is 11.8 Å². The Bertz CT molecular complexity index is 1090. The zero-order chi connectivity index (χ0) is 23.5. The average Bonchev–Trinajstić information content (AvgIpc) is 3.14. The molecule has 0 amide bonds. The number of aliphatic hydroxyl groups is 2. The van der Waals surface area contributed by atoms with Gasteiger partial charge >= 0.3 is 6.18 Å². The monoisotopic (exact) mass is 469 g/mol. The standard InChI is InChI=1S/C18H18F3N5O2S.C3H8/c1-29-14-5-13-12(4-10(14)8-27)23-15-7-25(2-3-26(13)15)17-22-6-11(9-28)16(24-17)18(19,20)21;1-3-2/h4-6,27-28H,2-3,7-9H2,1H3;3H2,1-2H3. The van der Waals surface area contributed by atoms with Crippen molar-refractivity contribution in [2.45, 2.75) is 57.6 Å². The van der Waals surface area contributed by atoms with Gasteiger partial charge in [0.05, 0.1) is 30.8 Å². The lowest BCUT2D eigenvalue weighted by Crippen LogP contribution is -2.35. The molecule has 0 atom stereocenters. The van der Waals surface area contributed by atoms with Crippen LogP contribution in [0.2, 0.25) is 0 Å². The molecule has 1 aliphatic heterocycles. The average molecular weight is 470 g/mol. The van der Waals surface area contributed by atoms with Gasteiger partial charge in [-0.25, -0.2) is 15.0 Å². The molecular weight excluding hydrogens is 443 g/mol. The Balaban J connectivity index is 0.000000913. The molecular formula is C21H26F3N5O2S. The number of rotatable bonds is 4. The molecule has 3 heterocycles. The number of aliphatic hydroxyl groups excluding tert-OH is 2. The van der Waals surface area contributed by atoms with Gasteiger partial charge in [-0.3, -0.25) is 0 Å². The number of fused-ring (bicyclic) bond motifs is 3. The van der Waals surface area contributed by atoms with E-state index in [-0.39, 0.29) is 24.7 Å². The van der Waals surface area contributed by atoms with Crippen LogP contribution in [0.25, 0.3) is 11.0 Å². The maximum atomic E-state index is 13.2. The highest BCUT2D eigenvalue weighted by Crippen LogP contribution is 2.33. The summed E-state index contributed by atoms with van der Waals surface area (Å²) in [6.07, 6.45) is -0.476. The Hall–Kier alpha value is -2.37. The highest BCUT2D eigenvalue weighted by atomic mass is 32.2. The Morgan fingerprint density at radius 2 is 1.75 bits per heavy atom. The van der Waals surface area contributed by atoms with Crippen LogP contribution in [-0.2, 0) is 32.5 Å². The van der Waals surface area contributed by atoms with E-state index >= 15 is 0 Å². The van der Waals surface area contributed by atoms with Crippen LogP contribution in [-0.4, -0.2) is 42.5 Å². The number of benzene rings is 1. The first-order chi connectivity index (χ1) is 15.3. The summed E-state index contributed by atoms with van der Waals surface area (Å²) in [5.41, 5.74) is 0.966. The maximum Gasteiger partial charge on any atom is 0.433 e. The van der Waals surface area contributed by atoms with E-state index in [4.69, 9.17) is 5.11 Å². The van der Waals surface area contributed by atoms with Crippen molar-refractivity contribution >= 4 is 28.7 Å². The maximum absolute atomic E-state index is 13.2. The first-order valence-electron chi connectivity index (χ1n) is 10.2. The smallest absolute Gasteiger partial charge is 0.392 e. The lowest BCUT2D eigenvalue weighted by atomic mass is 10.2. The SMILES string of the molecule is CCC.CSc1cc2c(cc1CO)nc1n2CCN(c2ncc(CO)c(C(F)(F)F)n2)C1. The number of nitrogens with zero attached hydrogens (tertiary/aromatic N) is 5. The van der Waals surface area contributed by atoms with Crippen molar-refractivity contribution in [2.75, 3.05) is 17.7 Å². The fourth-order valence-corrected chi connectivity index (χ4v) is 4.10. The predicted molar refractivity (Wildman–Crippen MR) is 117 cm³/mol. The first kappa shape index (κ1) is 24.3. The van der Waals surface area contributed by atoms with Crippen molar-refractivity contribution < 1.29 is 23.4 Å². The second kappa shape index (κ2) is 10.1. The molecule has 0 radical (unpaired) electrons. The molecule has 2 aromatic heterocycles. The zero-order valence-electron chi connectivity index (χ0n) is 18.1. The summed E-state index contributed by atoms with van der Waals surface area (Å²) in [5.74, 6) is 0.644. The summed E-state index contributed by atoms with van der Waals surface area (Å²) >= 11 is 1.54. The van der Waals surface area contributed by atoms with Crippen LogP contribution in [0, 0.1) is 0 Å². The van der Waals surface area contributed by atoms with E-state index in [1.54, 1.807) is 4.90 Å². The third-order valence-electron chi connectivity index (χ3n) is 4.90. The summed E-state index contributed by atoms with van der Waals surface area (Å²) in [5, 5.41) is 18.7. The van der Waals surface area contributed by atoms with Gasteiger partial charge in [0.2, 0.25) is 5.95 Å². The summed E-state index contributed by atoms with van der Waals surface area (Å²) in [6, 6.07) is 3.82. The van der Waals surface area contributed by atoms with Crippen molar-refractivity contribution in [1.29, 1.82) is 0 Å². The van der Waals surface area contributed by atoms with Gasteiger partial charge in [0.15, 0.2) is 5.69 Å². The molecule has 11 heteroatoms. The fraction of sp³-hybridized carbons (Fsp3) is 0.476. The Morgan fingerprint density at radius 1 is 1.06 bits per heavy atom. The van der Waals surface area contributed by atoms with Crippen LogP contribution in [0.4, 0.5) is 19.1 Å². The van der Waals surface area contributed by atoms with Gasteiger partial charge in [-0.15, -0.1) is 11.8 Å². The van der Waals surface area contributed by atoms with E-state index < -0.39 is 18.5 Å². The van der Waals surface area contributed by atoms with E-state index in [1.807, 2.05) is 23.0 Å². The lowest BCUT2D eigenvalue weighted by molar-refractivity contribution is -0.142. The van der Waals surface area contributed by atoms with Crippen LogP contribution in [0.15, 0.2) is 23.2 Å². The molecule has 0 fully saturated rings. The van der Waals surface area contributed by atoms with Gasteiger partial charge in [-0.05, 0) is 24.0 Å². The quantitative estimate of drug-likeness (QED) is 0.559. The molecule has 1 aromatic carbocycles. The van der Waals surface area contributed by atoms with Gasteiger partial charge in [-0.2, -0.15) is 13.2 Å². The van der Waals surface area contributed by atoms with Crippen molar-refractivity contribution in [3.63, 3.8) is 0 Å². The summed E-state index contributed by atoms with van der Waals surface area (Å²) < 4.78 is 41.8. The minimum atomic E-state index is -4.67. The molecule has 4 rings (SSSR count). The minimum Gasteiger partial charge on any atom is -0.392 e. The number of aromatic nitrogens is 4. The zero-order valence-corrected chi connectivity index (χ0v) is 19.0. The van der Waals surface area contributed by atoms with Crippen LogP contribution < -0.4 is 4.90 Å². The predicted octanol–water partition coefficient (Wildman–Crippen LogP) is 3.99. The molecule has 0 unspecified atom stereocenters. The van der Waals surface area contributed by atoms with Gasteiger partial charge in [0, 0.05) is 29.7 Å². The second-order valence-electron chi connectivity index (χ2n) is 7.32. The Kier molecular flexibility index (Phi) is 7.63. The van der Waals surface area contributed by atoms with E-state index in [2.05, 4.69) is 28.8 Å². The van der Waals surface area contributed by atoms with E-state index in [0.29, 0.717) is 18.9 Å². The number of imidazole rings is 1. The summed E-state index contributed by atoms with van der Waals surface area (Å²) in [7, 11) is 0. The molecule has 1 aliphatic rings. The van der Waals surface area contributed by atoms with Crippen LogP contribution in [0.3, 0.4) is 0 Å². The molecule has 3 aromatic rings. The van der Waals surface area contributed by atoms with E-state index in [1.165, 1.54) is 18.2 Å². The topological polar surface area (TPSA) is 87.3 Å². The molecule has 0 saturated heterocycles. The molecule has 0 saturated carbocycles. The van der Waals surface area contributed by atoms with E-state index in [0.717, 1.165) is 27.7 Å². The van der Waals surface area contributed by atoms with Crippen molar-refractivity contribution in [1.82, 2.24) is 19.5 Å². The highest BCUT2D eigenvalue weighted by Gasteiger charge is 2.36.